The first kappa shape index (κ1) is 9.00. The molecule has 72 valence electrons. The summed E-state index contributed by atoms with van der Waals surface area (Å²) in [7, 11) is 0. The number of hydrogen-bond donors (Lipinski definition) is 1. The molecule has 0 aliphatic heterocycles. The van der Waals surface area contributed by atoms with Gasteiger partial charge >= 0.3 is 0 Å². The van der Waals surface area contributed by atoms with Gasteiger partial charge in [-0.1, -0.05) is 17.7 Å². The molecule has 0 saturated carbocycles. The van der Waals surface area contributed by atoms with E-state index < -0.39 is 0 Å². The third-order valence-corrected chi connectivity index (χ3v) is 2.33. The van der Waals surface area contributed by atoms with Gasteiger partial charge in [-0.15, -0.1) is 0 Å². The van der Waals surface area contributed by atoms with E-state index in [1.807, 2.05) is 12.1 Å². The summed E-state index contributed by atoms with van der Waals surface area (Å²) in [6.45, 7) is 2.06. The molecule has 0 atom stereocenters. The summed E-state index contributed by atoms with van der Waals surface area (Å²) >= 11 is 0. The SMILES string of the molecule is Cc1ccc(NC2=CC(=O)CC2)cc1. The Morgan fingerprint density at radius 1 is 1.14 bits per heavy atom. The fourth-order valence-corrected chi connectivity index (χ4v) is 1.52. The minimum absolute atomic E-state index is 0.222. The second-order valence-electron chi connectivity index (χ2n) is 3.63. The molecule has 2 nitrogen and oxygen atoms in total. The Morgan fingerprint density at radius 3 is 2.43 bits per heavy atom. The average molecular weight is 187 g/mol. The fraction of sp³-hybridized carbons (Fsp3) is 0.250. The van der Waals surface area contributed by atoms with Crippen molar-refractivity contribution in [2.45, 2.75) is 19.8 Å². The molecule has 1 aromatic rings. The molecule has 0 spiro atoms. The zero-order valence-electron chi connectivity index (χ0n) is 8.21. The molecule has 0 fully saturated rings. The van der Waals surface area contributed by atoms with Gasteiger partial charge in [0, 0.05) is 23.9 Å². The van der Waals surface area contributed by atoms with Crippen molar-refractivity contribution >= 4 is 11.5 Å². The van der Waals surface area contributed by atoms with Crippen LogP contribution in [0.3, 0.4) is 0 Å². The van der Waals surface area contributed by atoms with Crippen molar-refractivity contribution < 1.29 is 4.79 Å². The molecule has 1 N–H and O–H groups in total. The number of carbonyl (C=O) groups is 1. The Hall–Kier alpha value is -1.57. The molecule has 0 aromatic heterocycles. The van der Waals surface area contributed by atoms with Crippen LogP contribution >= 0.6 is 0 Å². The molecule has 0 saturated heterocycles. The zero-order valence-corrected chi connectivity index (χ0v) is 8.21. The van der Waals surface area contributed by atoms with Gasteiger partial charge in [0.25, 0.3) is 0 Å². The number of nitrogens with one attached hydrogen (secondary N) is 1. The van der Waals surface area contributed by atoms with Gasteiger partial charge in [0.15, 0.2) is 5.78 Å². The first-order valence-electron chi connectivity index (χ1n) is 4.81. The number of hydrogen-bond acceptors (Lipinski definition) is 2. The zero-order chi connectivity index (χ0) is 9.97. The molecule has 0 bridgehead atoms. The predicted molar refractivity (Wildman–Crippen MR) is 57.1 cm³/mol. The second kappa shape index (κ2) is 3.66. The van der Waals surface area contributed by atoms with Crippen LogP contribution in [0.4, 0.5) is 5.69 Å². The van der Waals surface area contributed by atoms with Crippen LogP contribution < -0.4 is 5.32 Å². The number of anilines is 1. The van der Waals surface area contributed by atoms with Crippen molar-refractivity contribution in [3.8, 4) is 0 Å². The Bertz CT molecular complexity index is 376. The van der Waals surface area contributed by atoms with Gasteiger partial charge in [0.2, 0.25) is 0 Å². The second-order valence-corrected chi connectivity index (χ2v) is 3.63. The number of aryl methyl sites for hydroxylation is 1. The van der Waals surface area contributed by atoms with E-state index >= 15 is 0 Å². The summed E-state index contributed by atoms with van der Waals surface area (Å²) in [6, 6.07) is 8.16. The maximum absolute atomic E-state index is 11.0. The van der Waals surface area contributed by atoms with Gasteiger partial charge in [0.1, 0.15) is 0 Å². The van der Waals surface area contributed by atoms with E-state index in [9.17, 15) is 4.79 Å². The summed E-state index contributed by atoms with van der Waals surface area (Å²) in [5, 5.41) is 3.24. The number of ketones is 1. The van der Waals surface area contributed by atoms with Crippen molar-refractivity contribution in [3.63, 3.8) is 0 Å². The van der Waals surface area contributed by atoms with E-state index in [-0.39, 0.29) is 5.78 Å². The van der Waals surface area contributed by atoms with E-state index in [2.05, 4.69) is 24.4 Å². The smallest absolute Gasteiger partial charge is 0.157 e. The topological polar surface area (TPSA) is 29.1 Å². The van der Waals surface area contributed by atoms with Crippen LogP contribution in [-0.2, 0) is 4.79 Å². The summed E-state index contributed by atoms with van der Waals surface area (Å²) in [5.41, 5.74) is 3.32. The lowest BCUT2D eigenvalue weighted by Crippen LogP contribution is -1.95. The highest BCUT2D eigenvalue weighted by atomic mass is 16.1. The molecular weight excluding hydrogens is 174 g/mol. The lowest BCUT2D eigenvalue weighted by Gasteiger charge is -2.06. The Kier molecular flexibility index (Phi) is 2.35. The maximum Gasteiger partial charge on any atom is 0.157 e. The molecule has 0 unspecified atom stereocenters. The third-order valence-electron chi connectivity index (χ3n) is 2.33. The van der Waals surface area contributed by atoms with E-state index in [0.717, 1.165) is 17.8 Å². The van der Waals surface area contributed by atoms with Crippen LogP contribution in [0.15, 0.2) is 36.0 Å². The molecule has 0 radical (unpaired) electrons. The van der Waals surface area contributed by atoms with E-state index in [0.29, 0.717) is 6.42 Å². The summed E-state index contributed by atoms with van der Waals surface area (Å²) in [6.07, 6.45) is 3.18. The van der Waals surface area contributed by atoms with Crippen molar-refractivity contribution in [1.82, 2.24) is 0 Å². The molecule has 0 amide bonds. The molecule has 2 heteroatoms. The lowest BCUT2D eigenvalue weighted by atomic mass is 10.2. The van der Waals surface area contributed by atoms with Crippen molar-refractivity contribution in [1.29, 1.82) is 0 Å². The molecule has 1 aliphatic carbocycles. The molecule has 0 heterocycles. The Balaban J connectivity index is 2.08. The molecule has 14 heavy (non-hydrogen) atoms. The van der Waals surface area contributed by atoms with Crippen LogP contribution in [0.5, 0.6) is 0 Å². The standard InChI is InChI=1S/C12H13NO/c1-9-2-4-10(5-3-9)13-11-6-7-12(14)8-11/h2-5,8,13H,6-7H2,1H3. The van der Waals surface area contributed by atoms with Crippen molar-refractivity contribution in [3.05, 3.63) is 41.6 Å². The van der Waals surface area contributed by atoms with Crippen LogP contribution in [0.2, 0.25) is 0 Å². The van der Waals surface area contributed by atoms with Crippen LogP contribution in [0, 0.1) is 6.92 Å². The number of rotatable bonds is 2. The first-order valence-corrected chi connectivity index (χ1v) is 4.81. The largest absolute Gasteiger partial charge is 0.359 e. The fourth-order valence-electron chi connectivity index (χ4n) is 1.52. The van der Waals surface area contributed by atoms with E-state index in [1.54, 1.807) is 6.08 Å². The minimum atomic E-state index is 0.222. The van der Waals surface area contributed by atoms with Crippen LogP contribution in [0.25, 0.3) is 0 Å². The number of carbonyl (C=O) groups excluding carboxylic acids is 1. The number of benzene rings is 1. The van der Waals surface area contributed by atoms with Gasteiger partial charge in [0.05, 0.1) is 0 Å². The normalized spacial score (nSPS) is 15.5. The Labute approximate surface area is 83.6 Å². The molecule has 2 rings (SSSR count). The van der Waals surface area contributed by atoms with Crippen molar-refractivity contribution in [2.75, 3.05) is 5.32 Å². The lowest BCUT2D eigenvalue weighted by molar-refractivity contribution is -0.114. The van der Waals surface area contributed by atoms with Crippen LogP contribution in [-0.4, -0.2) is 5.78 Å². The summed E-state index contributed by atoms with van der Waals surface area (Å²) in [4.78, 5) is 11.0. The van der Waals surface area contributed by atoms with Gasteiger partial charge in [-0.25, -0.2) is 0 Å². The number of allylic oxidation sites excluding steroid dienone is 2. The predicted octanol–water partition coefficient (Wildman–Crippen LogP) is 2.65. The highest BCUT2D eigenvalue weighted by Crippen LogP contribution is 2.18. The first-order chi connectivity index (χ1) is 6.74. The highest BCUT2D eigenvalue weighted by Gasteiger charge is 2.11. The van der Waals surface area contributed by atoms with Gasteiger partial charge in [-0.2, -0.15) is 0 Å². The monoisotopic (exact) mass is 187 g/mol. The summed E-state index contributed by atoms with van der Waals surface area (Å²) < 4.78 is 0. The van der Waals surface area contributed by atoms with E-state index in [1.165, 1.54) is 5.56 Å². The average Bonchev–Trinajstić information content (AvgIpc) is 2.56. The minimum Gasteiger partial charge on any atom is -0.359 e. The molecule has 1 aromatic carbocycles. The van der Waals surface area contributed by atoms with Gasteiger partial charge in [-0.3, -0.25) is 4.79 Å². The van der Waals surface area contributed by atoms with E-state index in [4.69, 9.17) is 0 Å². The van der Waals surface area contributed by atoms with Gasteiger partial charge < -0.3 is 5.32 Å². The third kappa shape index (κ3) is 2.02. The van der Waals surface area contributed by atoms with Crippen LogP contribution in [0.1, 0.15) is 18.4 Å². The molecule has 1 aliphatic rings. The Morgan fingerprint density at radius 2 is 1.86 bits per heavy atom. The highest BCUT2D eigenvalue weighted by molar-refractivity contribution is 5.93. The van der Waals surface area contributed by atoms with Crippen molar-refractivity contribution in [2.24, 2.45) is 0 Å². The summed E-state index contributed by atoms with van der Waals surface area (Å²) in [5.74, 6) is 0.222. The van der Waals surface area contributed by atoms with Gasteiger partial charge in [-0.05, 0) is 25.5 Å². The molecular formula is C12H13NO. The quantitative estimate of drug-likeness (QED) is 0.771. The maximum atomic E-state index is 11.0.